The minimum absolute atomic E-state index is 0.189. The smallest absolute Gasteiger partial charge is 0.0204 e. The van der Waals surface area contributed by atoms with Crippen molar-refractivity contribution in [2.45, 2.75) is 63.5 Å². The molecule has 92 valence electrons. The molecule has 0 aromatic heterocycles. The molecule has 4 saturated carbocycles. The Balaban J connectivity index is 1.76. The Labute approximate surface area is 99.4 Å². The average molecular weight is 222 g/mol. The summed E-state index contributed by atoms with van der Waals surface area (Å²) in [6, 6.07) is 0. The van der Waals surface area contributed by atoms with Gasteiger partial charge in [-0.15, -0.1) is 0 Å². The van der Waals surface area contributed by atoms with E-state index in [-0.39, 0.29) is 5.54 Å². The maximum atomic E-state index is 6.57. The van der Waals surface area contributed by atoms with Crippen LogP contribution in [-0.2, 0) is 0 Å². The van der Waals surface area contributed by atoms with Crippen molar-refractivity contribution < 1.29 is 0 Å². The van der Waals surface area contributed by atoms with Crippen molar-refractivity contribution >= 4 is 0 Å². The predicted molar refractivity (Wildman–Crippen MR) is 67.2 cm³/mol. The quantitative estimate of drug-likeness (QED) is 0.769. The number of rotatable bonds is 3. The van der Waals surface area contributed by atoms with Crippen molar-refractivity contribution in [1.82, 2.24) is 5.32 Å². The van der Waals surface area contributed by atoms with Crippen LogP contribution in [0.2, 0.25) is 0 Å². The summed E-state index contributed by atoms with van der Waals surface area (Å²) < 4.78 is 0. The summed E-state index contributed by atoms with van der Waals surface area (Å²) in [6.45, 7) is 5.76. The first-order valence-electron chi connectivity index (χ1n) is 7.03. The second kappa shape index (κ2) is 3.46. The molecular weight excluding hydrogens is 196 g/mol. The van der Waals surface area contributed by atoms with Gasteiger partial charge in [0.05, 0.1) is 0 Å². The van der Waals surface area contributed by atoms with E-state index in [1.54, 1.807) is 0 Å². The first kappa shape index (κ1) is 11.0. The third kappa shape index (κ3) is 1.80. The molecule has 0 spiro atoms. The molecule has 4 aliphatic rings. The Bertz CT molecular complexity index is 270. The molecule has 0 aromatic carbocycles. The molecule has 0 radical (unpaired) electrons. The van der Waals surface area contributed by atoms with E-state index in [9.17, 15) is 0 Å². The SMILES string of the molecule is CC(C)CNC12CC3CC(CC(N)(C3)C1)C2. The summed E-state index contributed by atoms with van der Waals surface area (Å²) in [4.78, 5) is 0. The van der Waals surface area contributed by atoms with Crippen LogP contribution in [0.25, 0.3) is 0 Å². The monoisotopic (exact) mass is 222 g/mol. The number of hydrogen-bond acceptors (Lipinski definition) is 2. The van der Waals surface area contributed by atoms with Crippen molar-refractivity contribution in [3.63, 3.8) is 0 Å². The molecule has 0 amide bonds. The van der Waals surface area contributed by atoms with Gasteiger partial charge in [-0.3, -0.25) is 0 Å². The van der Waals surface area contributed by atoms with Crippen molar-refractivity contribution in [2.24, 2.45) is 23.5 Å². The Morgan fingerprint density at radius 3 is 2.31 bits per heavy atom. The molecule has 2 heteroatoms. The highest BCUT2D eigenvalue weighted by Gasteiger charge is 2.55. The van der Waals surface area contributed by atoms with E-state index in [0.717, 1.165) is 24.3 Å². The summed E-state index contributed by atoms with van der Waals surface area (Å²) in [6.07, 6.45) is 8.09. The van der Waals surface area contributed by atoms with Crippen LogP contribution in [0, 0.1) is 17.8 Å². The molecule has 2 nitrogen and oxygen atoms in total. The van der Waals surface area contributed by atoms with Crippen LogP contribution < -0.4 is 11.1 Å². The van der Waals surface area contributed by atoms with Crippen LogP contribution >= 0.6 is 0 Å². The molecule has 0 heterocycles. The number of nitrogens with two attached hydrogens (primary N) is 1. The van der Waals surface area contributed by atoms with Gasteiger partial charge in [0, 0.05) is 11.1 Å². The van der Waals surface area contributed by atoms with Crippen LogP contribution in [0.4, 0.5) is 0 Å². The molecule has 4 fully saturated rings. The van der Waals surface area contributed by atoms with Gasteiger partial charge < -0.3 is 11.1 Å². The summed E-state index contributed by atoms with van der Waals surface area (Å²) in [5, 5.41) is 3.87. The van der Waals surface area contributed by atoms with Crippen LogP contribution in [0.15, 0.2) is 0 Å². The molecule has 3 N–H and O–H groups in total. The van der Waals surface area contributed by atoms with E-state index in [2.05, 4.69) is 19.2 Å². The predicted octanol–water partition coefficient (Wildman–Crippen LogP) is 2.28. The van der Waals surface area contributed by atoms with Gasteiger partial charge in [-0.2, -0.15) is 0 Å². The molecule has 0 aromatic rings. The highest BCUT2D eigenvalue weighted by molar-refractivity contribution is 5.14. The minimum atomic E-state index is 0.189. The molecule has 16 heavy (non-hydrogen) atoms. The van der Waals surface area contributed by atoms with Gasteiger partial charge in [0.1, 0.15) is 0 Å². The van der Waals surface area contributed by atoms with Gasteiger partial charge in [-0.1, -0.05) is 13.8 Å². The van der Waals surface area contributed by atoms with Crippen molar-refractivity contribution in [2.75, 3.05) is 6.54 Å². The van der Waals surface area contributed by atoms with Crippen molar-refractivity contribution in [3.05, 3.63) is 0 Å². The zero-order valence-corrected chi connectivity index (χ0v) is 10.8. The Morgan fingerprint density at radius 2 is 1.81 bits per heavy atom. The van der Waals surface area contributed by atoms with E-state index in [0.29, 0.717) is 5.54 Å². The Kier molecular flexibility index (Phi) is 2.38. The number of nitrogens with one attached hydrogen (secondary N) is 1. The van der Waals surface area contributed by atoms with Crippen LogP contribution in [-0.4, -0.2) is 17.6 Å². The lowest BCUT2D eigenvalue weighted by Crippen LogP contribution is -2.67. The van der Waals surface area contributed by atoms with E-state index < -0.39 is 0 Å². The largest absolute Gasteiger partial charge is 0.325 e. The van der Waals surface area contributed by atoms with E-state index >= 15 is 0 Å². The molecule has 2 atom stereocenters. The van der Waals surface area contributed by atoms with Gasteiger partial charge in [-0.25, -0.2) is 0 Å². The lowest BCUT2D eigenvalue weighted by molar-refractivity contribution is -0.0365. The first-order chi connectivity index (χ1) is 7.49. The second-order valence-electron chi connectivity index (χ2n) is 7.38. The molecule has 4 bridgehead atoms. The zero-order chi connectivity index (χ0) is 11.4. The minimum Gasteiger partial charge on any atom is -0.325 e. The van der Waals surface area contributed by atoms with Crippen molar-refractivity contribution in [3.8, 4) is 0 Å². The summed E-state index contributed by atoms with van der Waals surface area (Å²) >= 11 is 0. The second-order valence-corrected chi connectivity index (χ2v) is 7.38. The Morgan fingerprint density at radius 1 is 1.19 bits per heavy atom. The fourth-order valence-electron chi connectivity index (χ4n) is 4.96. The molecular formula is C14H26N2. The summed E-state index contributed by atoms with van der Waals surface area (Å²) in [7, 11) is 0. The molecule has 4 aliphatic carbocycles. The first-order valence-corrected chi connectivity index (χ1v) is 7.03. The maximum absolute atomic E-state index is 6.57. The number of hydrogen-bond donors (Lipinski definition) is 2. The van der Waals surface area contributed by atoms with Crippen LogP contribution in [0.5, 0.6) is 0 Å². The summed E-state index contributed by atoms with van der Waals surface area (Å²) in [5.41, 5.74) is 7.18. The summed E-state index contributed by atoms with van der Waals surface area (Å²) in [5.74, 6) is 2.60. The van der Waals surface area contributed by atoms with E-state index in [1.165, 1.54) is 38.5 Å². The lowest BCUT2D eigenvalue weighted by atomic mass is 9.50. The molecule has 2 unspecified atom stereocenters. The Hall–Kier alpha value is -0.0800. The van der Waals surface area contributed by atoms with Crippen molar-refractivity contribution in [1.29, 1.82) is 0 Å². The van der Waals surface area contributed by atoms with Crippen LogP contribution in [0.1, 0.15) is 52.4 Å². The average Bonchev–Trinajstić information content (AvgIpc) is 2.10. The zero-order valence-electron chi connectivity index (χ0n) is 10.8. The highest BCUT2D eigenvalue weighted by Crippen LogP contribution is 2.56. The third-order valence-electron chi connectivity index (χ3n) is 4.99. The normalized spacial score (nSPS) is 50.2. The standard InChI is InChI=1S/C14H26N2/c1-10(2)8-16-14-6-11-3-12(7-14)5-13(15,4-11)9-14/h10-12,16H,3-9,15H2,1-2H3. The topological polar surface area (TPSA) is 38.0 Å². The molecule has 0 aliphatic heterocycles. The fourth-order valence-corrected chi connectivity index (χ4v) is 4.96. The van der Waals surface area contributed by atoms with E-state index in [4.69, 9.17) is 5.73 Å². The highest BCUT2D eigenvalue weighted by atomic mass is 15.0. The van der Waals surface area contributed by atoms with Gasteiger partial charge >= 0.3 is 0 Å². The van der Waals surface area contributed by atoms with Gasteiger partial charge in [0.2, 0.25) is 0 Å². The lowest BCUT2D eigenvalue weighted by Gasteiger charge is -2.61. The third-order valence-corrected chi connectivity index (χ3v) is 4.99. The van der Waals surface area contributed by atoms with E-state index in [1.807, 2.05) is 0 Å². The van der Waals surface area contributed by atoms with Gasteiger partial charge in [0.25, 0.3) is 0 Å². The van der Waals surface area contributed by atoms with Gasteiger partial charge in [0.15, 0.2) is 0 Å². The fraction of sp³-hybridized carbons (Fsp3) is 1.00. The maximum Gasteiger partial charge on any atom is 0.0204 e. The molecule has 4 rings (SSSR count). The van der Waals surface area contributed by atoms with Gasteiger partial charge in [-0.05, 0) is 62.8 Å². The van der Waals surface area contributed by atoms with Crippen LogP contribution in [0.3, 0.4) is 0 Å². The molecule has 0 saturated heterocycles.